The maximum absolute atomic E-state index is 10.6. The van der Waals surface area contributed by atoms with Crippen molar-refractivity contribution in [2.24, 2.45) is 0 Å². The average Bonchev–Trinajstić information content (AvgIpc) is 2.78. The fourth-order valence-corrected chi connectivity index (χ4v) is 3.44. The summed E-state index contributed by atoms with van der Waals surface area (Å²) in [5.41, 5.74) is 1.97. The second-order valence-electron chi connectivity index (χ2n) is 7.12. The van der Waals surface area contributed by atoms with E-state index in [2.05, 4.69) is 4.90 Å². The molecule has 6 heteroatoms. The van der Waals surface area contributed by atoms with Crippen LogP contribution in [0, 0.1) is 0 Å². The van der Waals surface area contributed by atoms with Crippen LogP contribution in [-0.4, -0.2) is 63.7 Å². The van der Waals surface area contributed by atoms with E-state index < -0.39 is 6.10 Å². The molecule has 0 bridgehead atoms. The lowest BCUT2D eigenvalue weighted by Crippen LogP contribution is -2.38. The van der Waals surface area contributed by atoms with Crippen molar-refractivity contribution in [3.8, 4) is 17.2 Å². The zero-order valence-corrected chi connectivity index (χ0v) is 17.3. The number of hydrogen-bond donors (Lipinski definition) is 1. The molecule has 0 amide bonds. The van der Waals surface area contributed by atoms with E-state index in [0.29, 0.717) is 24.5 Å². The van der Waals surface area contributed by atoms with Gasteiger partial charge in [0.1, 0.15) is 12.4 Å². The van der Waals surface area contributed by atoms with Crippen LogP contribution in [0.4, 0.5) is 0 Å². The number of methoxy groups -OCH3 is 2. The molecule has 0 aromatic heterocycles. The Hall–Kier alpha value is -2.28. The van der Waals surface area contributed by atoms with Gasteiger partial charge in [0, 0.05) is 19.6 Å². The maximum atomic E-state index is 10.6. The third-order valence-corrected chi connectivity index (χ3v) is 5.18. The Labute approximate surface area is 173 Å². The first-order valence-electron chi connectivity index (χ1n) is 10.1. The quantitative estimate of drug-likeness (QED) is 0.660. The van der Waals surface area contributed by atoms with Gasteiger partial charge in [-0.05, 0) is 48.2 Å². The van der Waals surface area contributed by atoms with E-state index in [9.17, 15) is 5.11 Å². The molecular formula is C23H31NO5. The van der Waals surface area contributed by atoms with E-state index in [1.165, 1.54) is 0 Å². The second kappa shape index (κ2) is 11.0. The topological polar surface area (TPSA) is 60.4 Å². The highest BCUT2D eigenvalue weighted by Crippen LogP contribution is 2.29. The molecule has 1 heterocycles. The highest BCUT2D eigenvalue weighted by molar-refractivity contribution is 5.43. The molecule has 2 aromatic rings. The molecule has 1 unspecified atom stereocenters. The zero-order chi connectivity index (χ0) is 20.5. The normalized spacial score (nSPS) is 15.7. The minimum atomic E-state index is -0.550. The van der Waals surface area contributed by atoms with Crippen molar-refractivity contribution >= 4 is 0 Å². The molecule has 1 fully saturated rings. The lowest BCUT2D eigenvalue weighted by Gasteiger charge is -2.26. The summed E-state index contributed by atoms with van der Waals surface area (Å²) in [5.74, 6) is 2.20. The van der Waals surface area contributed by atoms with E-state index in [4.69, 9.17) is 18.9 Å². The number of rotatable bonds is 10. The minimum absolute atomic E-state index is 0.550. The zero-order valence-electron chi connectivity index (χ0n) is 17.3. The Morgan fingerprint density at radius 2 is 1.83 bits per heavy atom. The number of hydrogen-bond acceptors (Lipinski definition) is 6. The van der Waals surface area contributed by atoms with Gasteiger partial charge in [0.05, 0.1) is 33.5 Å². The van der Waals surface area contributed by atoms with E-state index in [-0.39, 0.29) is 0 Å². The first-order valence-corrected chi connectivity index (χ1v) is 10.1. The van der Waals surface area contributed by atoms with Crippen molar-refractivity contribution in [3.05, 3.63) is 53.6 Å². The Kier molecular flexibility index (Phi) is 8.16. The number of aliphatic hydroxyl groups is 1. The van der Waals surface area contributed by atoms with Crippen LogP contribution in [0.15, 0.2) is 42.5 Å². The van der Waals surface area contributed by atoms with Crippen LogP contribution in [0.5, 0.6) is 17.2 Å². The minimum Gasteiger partial charge on any atom is -0.493 e. The van der Waals surface area contributed by atoms with Gasteiger partial charge in [-0.15, -0.1) is 0 Å². The van der Waals surface area contributed by atoms with E-state index in [0.717, 1.165) is 56.1 Å². The van der Waals surface area contributed by atoms with Gasteiger partial charge in [-0.3, -0.25) is 4.90 Å². The summed E-state index contributed by atoms with van der Waals surface area (Å²) < 4.78 is 21.9. The predicted octanol–water partition coefficient (Wildman–Crippen LogP) is 3.08. The monoisotopic (exact) mass is 401 g/mol. The molecule has 0 saturated carbocycles. The van der Waals surface area contributed by atoms with Gasteiger partial charge < -0.3 is 24.1 Å². The number of aliphatic hydroxyl groups excluding tert-OH is 1. The fraction of sp³-hybridized carbons (Fsp3) is 0.478. The highest BCUT2D eigenvalue weighted by atomic mass is 16.5. The first kappa shape index (κ1) is 21.4. The summed E-state index contributed by atoms with van der Waals surface area (Å²) >= 11 is 0. The van der Waals surface area contributed by atoms with Crippen molar-refractivity contribution in [1.29, 1.82) is 0 Å². The molecular weight excluding hydrogens is 370 g/mol. The van der Waals surface area contributed by atoms with E-state index in [1.807, 2.05) is 42.5 Å². The molecule has 0 spiro atoms. The van der Waals surface area contributed by atoms with Gasteiger partial charge in [0.25, 0.3) is 0 Å². The standard InChI is InChI=1S/C23H31NO5/c1-26-22-9-7-18(16-23(22)27-2)6-8-21(25)19-4-3-5-20(17-19)29-15-12-24-10-13-28-14-11-24/h3-5,7,9,16-17,21,25H,6,8,10-15H2,1-2H3. The van der Waals surface area contributed by atoms with Crippen molar-refractivity contribution < 1.29 is 24.1 Å². The number of benzene rings is 2. The van der Waals surface area contributed by atoms with Crippen molar-refractivity contribution in [2.75, 3.05) is 53.7 Å². The average molecular weight is 402 g/mol. The lowest BCUT2D eigenvalue weighted by atomic mass is 10.0. The molecule has 158 valence electrons. The number of aryl methyl sites for hydroxylation is 1. The first-order chi connectivity index (χ1) is 14.2. The second-order valence-corrected chi connectivity index (χ2v) is 7.12. The van der Waals surface area contributed by atoms with Gasteiger partial charge >= 0.3 is 0 Å². The summed E-state index contributed by atoms with van der Waals surface area (Å²) in [7, 11) is 3.25. The Balaban J connectivity index is 1.50. The SMILES string of the molecule is COc1ccc(CCC(O)c2cccc(OCCN3CCOCC3)c2)cc1OC. The predicted molar refractivity (Wildman–Crippen MR) is 112 cm³/mol. The molecule has 1 N–H and O–H groups in total. The molecule has 6 nitrogen and oxygen atoms in total. The van der Waals surface area contributed by atoms with Crippen LogP contribution in [0.3, 0.4) is 0 Å². The van der Waals surface area contributed by atoms with Gasteiger partial charge in [-0.1, -0.05) is 18.2 Å². The van der Waals surface area contributed by atoms with Crippen molar-refractivity contribution in [2.45, 2.75) is 18.9 Å². The maximum Gasteiger partial charge on any atom is 0.160 e. The largest absolute Gasteiger partial charge is 0.493 e. The van der Waals surface area contributed by atoms with Gasteiger partial charge in [0.15, 0.2) is 11.5 Å². The van der Waals surface area contributed by atoms with Crippen LogP contribution in [0.2, 0.25) is 0 Å². The van der Waals surface area contributed by atoms with Gasteiger partial charge in [0.2, 0.25) is 0 Å². The third-order valence-electron chi connectivity index (χ3n) is 5.18. The van der Waals surface area contributed by atoms with Crippen LogP contribution in [-0.2, 0) is 11.2 Å². The molecule has 2 aromatic carbocycles. The summed E-state index contributed by atoms with van der Waals surface area (Å²) in [5, 5.41) is 10.6. The van der Waals surface area contributed by atoms with Gasteiger partial charge in [-0.2, -0.15) is 0 Å². The molecule has 1 atom stereocenters. The molecule has 0 aliphatic carbocycles. The summed E-state index contributed by atoms with van der Waals surface area (Å²) in [4.78, 5) is 2.34. The summed E-state index contributed by atoms with van der Waals surface area (Å²) in [6.45, 7) is 5.01. The Bertz CT molecular complexity index is 761. The number of nitrogens with zero attached hydrogens (tertiary/aromatic N) is 1. The number of morpholine rings is 1. The van der Waals surface area contributed by atoms with Crippen molar-refractivity contribution in [3.63, 3.8) is 0 Å². The number of ether oxygens (including phenoxy) is 4. The van der Waals surface area contributed by atoms with Crippen molar-refractivity contribution in [1.82, 2.24) is 4.90 Å². The van der Waals surface area contributed by atoms with Crippen LogP contribution < -0.4 is 14.2 Å². The molecule has 1 aliphatic rings. The Morgan fingerprint density at radius 1 is 1.03 bits per heavy atom. The van der Waals surface area contributed by atoms with Crippen LogP contribution >= 0.6 is 0 Å². The van der Waals surface area contributed by atoms with Gasteiger partial charge in [-0.25, -0.2) is 0 Å². The fourth-order valence-electron chi connectivity index (χ4n) is 3.44. The molecule has 1 aliphatic heterocycles. The lowest BCUT2D eigenvalue weighted by molar-refractivity contribution is 0.0322. The third kappa shape index (κ3) is 6.35. The Morgan fingerprint density at radius 3 is 2.59 bits per heavy atom. The summed E-state index contributed by atoms with van der Waals surface area (Å²) in [6.07, 6.45) is 0.807. The highest BCUT2D eigenvalue weighted by Gasteiger charge is 2.12. The van der Waals surface area contributed by atoms with E-state index in [1.54, 1.807) is 14.2 Å². The molecule has 0 radical (unpaired) electrons. The van der Waals surface area contributed by atoms with E-state index >= 15 is 0 Å². The smallest absolute Gasteiger partial charge is 0.160 e. The van der Waals surface area contributed by atoms with Crippen LogP contribution in [0.25, 0.3) is 0 Å². The molecule has 3 rings (SSSR count). The summed E-state index contributed by atoms with van der Waals surface area (Å²) in [6, 6.07) is 13.6. The molecule has 29 heavy (non-hydrogen) atoms. The van der Waals surface area contributed by atoms with Crippen LogP contribution in [0.1, 0.15) is 23.7 Å². The molecule has 1 saturated heterocycles.